The van der Waals surface area contributed by atoms with Crippen LogP contribution in [0.25, 0.3) is 0 Å². The number of nitrogens with two attached hydrogens (primary N) is 1. The highest BCUT2D eigenvalue weighted by Crippen LogP contribution is 2.27. The van der Waals surface area contributed by atoms with E-state index in [9.17, 15) is 8.42 Å². The highest BCUT2D eigenvalue weighted by Gasteiger charge is 2.19. The standard InChI is InChI=1S/C13H15ClN2O2S2/c1-8-3-4-19-12(8)7-16-20(17,18)13-6-11(15)9(2)5-10(13)14/h3-6,16H,7,15H2,1-2H3. The Morgan fingerprint density at radius 2 is 2.00 bits per heavy atom. The van der Waals surface area contributed by atoms with Crippen LogP contribution in [0.3, 0.4) is 0 Å². The number of hydrogen-bond donors (Lipinski definition) is 2. The molecule has 1 aromatic heterocycles. The van der Waals surface area contributed by atoms with Gasteiger partial charge in [0.15, 0.2) is 0 Å². The summed E-state index contributed by atoms with van der Waals surface area (Å²) in [6.45, 7) is 3.97. The molecule has 0 aliphatic heterocycles. The lowest BCUT2D eigenvalue weighted by atomic mass is 10.2. The average molecular weight is 331 g/mol. The van der Waals surface area contributed by atoms with Crippen LogP contribution in [0.5, 0.6) is 0 Å². The van der Waals surface area contributed by atoms with Gasteiger partial charge in [0.2, 0.25) is 10.0 Å². The molecular weight excluding hydrogens is 316 g/mol. The maximum Gasteiger partial charge on any atom is 0.242 e. The van der Waals surface area contributed by atoms with E-state index >= 15 is 0 Å². The van der Waals surface area contributed by atoms with Gasteiger partial charge in [0, 0.05) is 17.1 Å². The molecule has 1 aromatic carbocycles. The molecule has 2 aromatic rings. The molecule has 7 heteroatoms. The van der Waals surface area contributed by atoms with Crippen LogP contribution < -0.4 is 10.5 Å². The third-order valence-corrected chi connectivity index (χ3v) is 5.89. The van der Waals surface area contributed by atoms with Crippen LogP contribution in [0.1, 0.15) is 16.0 Å². The van der Waals surface area contributed by atoms with Crippen molar-refractivity contribution in [2.45, 2.75) is 25.3 Å². The summed E-state index contributed by atoms with van der Waals surface area (Å²) in [5.41, 5.74) is 7.97. The second kappa shape index (κ2) is 5.73. The summed E-state index contributed by atoms with van der Waals surface area (Å²) in [5, 5.41) is 2.10. The highest BCUT2D eigenvalue weighted by molar-refractivity contribution is 7.89. The molecule has 0 unspecified atom stereocenters. The van der Waals surface area contributed by atoms with Crippen molar-refractivity contribution in [2.75, 3.05) is 5.73 Å². The van der Waals surface area contributed by atoms with Gasteiger partial charge in [-0.1, -0.05) is 11.6 Å². The number of halogens is 1. The summed E-state index contributed by atoms with van der Waals surface area (Å²) < 4.78 is 27.1. The lowest BCUT2D eigenvalue weighted by Crippen LogP contribution is -2.23. The van der Waals surface area contributed by atoms with Gasteiger partial charge in [0.1, 0.15) is 4.90 Å². The first-order valence-corrected chi connectivity index (χ1v) is 8.63. The van der Waals surface area contributed by atoms with Crippen molar-refractivity contribution in [3.8, 4) is 0 Å². The van der Waals surface area contributed by atoms with E-state index in [2.05, 4.69) is 4.72 Å². The monoisotopic (exact) mass is 330 g/mol. The number of rotatable bonds is 4. The molecule has 0 spiro atoms. The van der Waals surface area contributed by atoms with Crippen molar-refractivity contribution in [1.29, 1.82) is 0 Å². The van der Waals surface area contributed by atoms with Crippen LogP contribution in [0, 0.1) is 13.8 Å². The number of anilines is 1. The fourth-order valence-corrected chi connectivity index (χ4v) is 4.25. The first kappa shape index (κ1) is 15.3. The molecule has 4 nitrogen and oxygen atoms in total. The topological polar surface area (TPSA) is 72.2 Å². The van der Waals surface area contributed by atoms with Crippen molar-refractivity contribution >= 4 is 38.6 Å². The molecule has 0 aliphatic rings. The molecule has 20 heavy (non-hydrogen) atoms. The quantitative estimate of drug-likeness (QED) is 0.846. The van der Waals surface area contributed by atoms with Gasteiger partial charge in [0.25, 0.3) is 0 Å². The van der Waals surface area contributed by atoms with Gasteiger partial charge in [-0.05, 0) is 48.6 Å². The predicted molar refractivity (Wildman–Crippen MR) is 83.7 cm³/mol. The SMILES string of the molecule is Cc1cc(Cl)c(S(=O)(=O)NCc2sccc2C)cc1N. The molecule has 2 rings (SSSR count). The van der Waals surface area contributed by atoms with Crippen LogP contribution in [-0.4, -0.2) is 8.42 Å². The van der Waals surface area contributed by atoms with Gasteiger partial charge >= 0.3 is 0 Å². The van der Waals surface area contributed by atoms with Crippen molar-refractivity contribution in [2.24, 2.45) is 0 Å². The van der Waals surface area contributed by atoms with Crippen molar-refractivity contribution in [3.05, 3.63) is 44.6 Å². The summed E-state index contributed by atoms with van der Waals surface area (Å²) in [5.74, 6) is 0. The summed E-state index contributed by atoms with van der Waals surface area (Å²) in [6, 6.07) is 4.90. The van der Waals surface area contributed by atoms with Crippen molar-refractivity contribution in [3.63, 3.8) is 0 Å². The third-order valence-electron chi connectivity index (χ3n) is 3.00. The Morgan fingerprint density at radius 3 is 2.60 bits per heavy atom. The molecule has 0 aliphatic carbocycles. The number of thiophene rings is 1. The number of benzene rings is 1. The molecule has 0 atom stereocenters. The Balaban J connectivity index is 2.27. The Labute approximate surface area is 127 Å². The van der Waals surface area contributed by atoms with Gasteiger partial charge in [0.05, 0.1) is 5.02 Å². The molecule has 0 amide bonds. The number of aryl methyl sites for hydroxylation is 2. The number of hydrogen-bond acceptors (Lipinski definition) is 4. The molecule has 0 radical (unpaired) electrons. The second-order valence-electron chi connectivity index (χ2n) is 4.49. The molecule has 0 bridgehead atoms. The summed E-state index contributed by atoms with van der Waals surface area (Å²) in [6.07, 6.45) is 0. The molecular formula is C13H15ClN2O2S2. The smallest absolute Gasteiger partial charge is 0.242 e. The third kappa shape index (κ3) is 3.15. The highest BCUT2D eigenvalue weighted by atomic mass is 35.5. The lowest BCUT2D eigenvalue weighted by Gasteiger charge is -2.10. The Kier molecular flexibility index (Phi) is 4.39. The van der Waals surface area contributed by atoms with Crippen LogP contribution in [-0.2, 0) is 16.6 Å². The van der Waals surface area contributed by atoms with Crippen LogP contribution in [0.4, 0.5) is 5.69 Å². The van der Waals surface area contributed by atoms with Crippen molar-refractivity contribution in [1.82, 2.24) is 4.72 Å². The number of sulfonamides is 1. The van der Waals surface area contributed by atoms with E-state index in [-0.39, 0.29) is 16.5 Å². The summed E-state index contributed by atoms with van der Waals surface area (Å²) in [7, 11) is -3.68. The average Bonchev–Trinajstić information content (AvgIpc) is 2.77. The Hall–Kier alpha value is -1.08. The fourth-order valence-electron chi connectivity index (χ4n) is 1.70. The largest absolute Gasteiger partial charge is 0.398 e. The molecule has 1 heterocycles. The van der Waals surface area contributed by atoms with Crippen LogP contribution >= 0.6 is 22.9 Å². The van der Waals surface area contributed by atoms with Gasteiger partial charge in [-0.2, -0.15) is 0 Å². The minimum absolute atomic E-state index is 0.0106. The molecule has 0 saturated carbocycles. The van der Waals surface area contributed by atoms with Crippen LogP contribution in [0.15, 0.2) is 28.5 Å². The van der Waals surface area contributed by atoms with Gasteiger partial charge in [-0.15, -0.1) is 11.3 Å². The van der Waals surface area contributed by atoms with Crippen molar-refractivity contribution < 1.29 is 8.42 Å². The normalized spacial score (nSPS) is 11.8. The van der Waals surface area contributed by atoms with E-state index < -0.39 is 10.0 Å². The molecule has 3 N–H and O–H groups in total. The molecule has 0 saturated heterocycles. The fraction of sp³-hybridized carbons (Fsp3) is 0.231. The van der Waals surface area contributed by atoms with Gasteiger partial charge < -0.3 is 5.73 Å². The Bertz CT molecular complexity index is 739. The van der Waals surface area contributed by atoms with Crippen LogP contribution in [0.2, 0.25) is 5.02 Å². The van der Waals surface area contributed by atoms with Gasteiger partial charge in [-0.3, -0.25) is 0 Å². The second-order valence-corrected chi connectivity index (χ2v) is 7.63. The molecule has 108 valence electrons. The zero-order chi connectivity index (χ0) is 14.9. The maximum atomic E-state index is 12.3. The van der Waals surface area contributed by atoms with E-state index in [1.54, 1.807) is 13.0 Å². The van der Waals surface area contributed by atoms with E-state index in [1.165, 1.54) is 17.4 Å². The Morgan fingerprint density at radius 1 is 1.30 bits per heavy atom. The van der Waals surface area contributed by atoms with E-state index in [0.29, 0.717) is 5.69 Å². The van der Waals surface area contributed by atoms with E-state index in [0.717, 1.165) is 16.0 Å². The summed E-state index contributed by atoms with van der Waals surface area (Å²) in [4.78, 5) is 0.987. The first-order chi connectivity index (χ1) is 9.31. The van der Waals surface area contributed by atoms with E-state index in [1.807, 2.05) is 18.4 Å². The lowest BCUT2D eigenvalue weighted by molar-refractivity contribution is 0.582. The zero-order valence-electron chi connectivity index (χ0n) is 11.1. The van der Waals surface area contributed by atoms with Gasteiger partial charge in [-0.25, -0.2) is 13.1 Å². The maximum absolute atomic E-state index is 12.3. The zero-order valence-corrected chi connectivity index (χ0v) is 13.5. The first-order valence-electron chi connectivity index (χ1n) is 5.89. The predicted octanol–water partition coefficient (Wildman–Crippen LogP) is 3.08. The minimum Gasteiger partial charge on any atom is -0.398 e. The minimum atomic E-state index is -3.68. The number of nitrogens with one attached hydrogen (secondary N) is 1. The summed E-state index contributed by atoms with van der Waals surface area (Å²) >= 11 is 7.52. The number of nitrogen functional groups attached to an aromatic ring is 1. The molecule has 0 fully saturated rings. The van der Waals surface area contributed by atoms with E-state index in [4.69, 9.17) is 17.3 Å².